The summed E-state index contributed by atoms with van der Waals surface area (Å²) in [6.45, 7) is 0.841. The van der Waals surface area contributed by atoms with Gasteiger partial charge in [0.25, 0.3) is 5.91 Å². The first-order chi connectivity index (χ1) is 15.9. The summed E-state index contributed by atoms with van der Waals surface area (Å²) in [5.41, 5.74) is 4.14. The van der Waals surface area contributed by atoms with Crippen molar-refractivity contribution in [1.82, 2.24) is 15.2 Å². The van der Waals surface area contributed by atoms with Crippen molar-refractivity contribution >= 4 is 44.3 Å². The summed E-state index contributed by atoms with van der Waals surface area (Å²) in [6, 6.07) is 25.1. The molecular weight excluding hydrogens is 498 g/mol. The Morgan fingerprint density at radius 2 is 1.79 bits per heavy atom. The molecule has 4 aromatic rings. The fraction of sp³-hybridized carbons (Fsp3) is 0.185. The minimum Gasteiger partial charge on any atom is -0.345 e. The topological polar surface area (TPSA) is 45.2 Å². The Kier molecular flexibility index (Phi) is 7.43. The number of hydrogen-bond donors (Lipinski definition) is 1. The molecule has 6 heteroatoms. The number of halogens is 2. The van der Waals surface area contributed by atoms with Crippen LogP contribution in [0.4, 0.5) is 0 Å². The third-order valence-corrected chi connectivity index (χ3v) is 6.27. The number of benzene rings is 3. The number of pyridine rings is 1. The average Bonchev–Trinajstić information content (AvgIpc) is 2.81. The SMILES string of the molecule is CN(C)CCC(NC(=O)c1cc(-c2cccc(Br)c2)nc2ccccc12)c1ccc(Cl)cc1. The standard InChI is InChI=1S/C27H25BrClN3O/c1-32(2)15-14-24(18-10-12-21(29)13-11-18)31-27(33)23-17-26(19-6-5-7-20(28)16-19)30-25-9-4-3-8-22(23)25/h3-13,16-17,24H,14-15H2,1-2H3,(H,31,33). The summed E-state index contributed by atoms with van der Waals surface area (Å²) in [5.74, 6) is -0.122. The lowest BCUT2D eigenvalue weighted by molar-refractivity contribution is 0.0934. The molecule has 0 saturated heterocycles. The van der Waals surface area contributed by atoms with Crippen molar-refractivity contribution in [2.45, 2.75) is 12.5 Å². The molecule has 4 nitrogen and oxygen atoms in total. The highest BCUT2D eigenvalue weighted by molar-refractivity contribution is 9.10. The monoisotopic (exact) mass is 521 g/mol. The number of amides is 1. The zero-order chi connectivity index (χ0) is 23.4. The van der Waals surface area contributed by atoms with Crippen LogP contribution in [0.3, 0.4) is 0 Å². The van der Waals surface area contributed by atoms with Crippen molar-refractivity contribution in [2.75, 3.05) is 20.6 Å². The zero-order valence-corrected chi connectivity index (χ0v) is 20.9. The predicted octanol–water partition coefficient (Wildman–Crippen LogP) is 6.74. The van der Waals surface area contributed by atoms with Crippen LogP contribution >= 0.6 is 27.5 Å². The maximum atomic E-state index is 13.6. The van der Waals surface area contributed by atoms with Crippen LogP contribution < -0.4 is 5.32 Å². The van der Waals surface area contributed by atoms with Gasteiger partial charge in [-0.3, -0.25) is 4.79 Å². The number of aromatic nitrogens is 1. The highest BCUT2D eigenvalue weighted by Gasteiger charge is 2.19. The molecular formula is C27H25BrClN3O. The van der Waals surface area contributed by atoms with Crippen molar-refractivity contribution in [3.8, 4) is 11.3 Å². The molecule has 0 radical (unpaired) electrons. The molecule has 1 atom stereocenters. The van der Waals surface area contributed by atoms with Gasteiger partial charge in [0.2, 0.25) is 0 Å². The Labute approximate surface area is 207 Å². The molecule has 168 valence electrons. The first-order valence-electron chi connectivity index (χ1n) is 10.8. The molecule has 0 fully saturated rings. The fourth-order valence-electron chi connectivity index (χ4n) is 3.80. The number of carbonyl (C=O) groups is 1. The van der Waals surface area contributed by atoms with Gasteiger partial charge < -0.3 is 10.2 Å². The molecule has 1 unspecified atom stereocenters. The van der Waals surface area contributed by atoms with Crippen LogP contribution in [0.1, 0.15) is 28.4 Å². The molecule has 33 heavy (non-hydrogen) atoms. The van der Waals surface area contributed by atoms with Gasteiger partial charge in [0.05, 0.1) is 22.8 Å². The van der Waals surface area contributed by atoms with Crippen molar-refractivity contribution in [2.24, 2.45) is 0 Å². The maximum Gasteiger partial charge on any atom is 0.252 e. The Bertz CT molecular complexity index is 1270. The molecule has 3 aromatic carbocycles. The average molecular weight is 523 g/mol. The Hall–Kier alpha value is -2.73. The Morgan fingerprint density at radius 3 is 2.52 bits per heavy atom. The summed E-state index contributed by atoms with van der Waals surface area (Å²) in [5, 5.41) is 4.77. The van der Waals surface area contributed by atoms with Gasteiger partial charge in [-0.2, -0.15) is 0 Å². The summed E-state index contributed by atoms with van der Waals surface area (Å²) in [7, 11) is 4.06. The van der Waals surface area contributed by atoms with E-state index in [1.54, 1.807) is 0 Å². The van der Waals surface area contributed by atoms with Gasteiger partial charge >= 0.3 is 0 Å². The molecule has 1 amide bonds. The first kappa shape index (κ1) is 23.4. The highest BCUT2D eigenvalue weighted by Crippen LogP contribution is 2.28. The van der Waals surface area contributed by atoms with Gasteiger partial charge in [-0.05, 0) is 69.0 Å². The normalized spacial score (nSPS) is 12.2. The van der Waals surface area contributed by atoms with Crippen molar-refractivity contribution in [3.63, 3.8) is 0 Å². The molecule has 0 bridgehead atoms. The minimum absolute atomic E-state index is 0.122. The largest absolute Gasteiger partial charge is 0.345 e. The molecule has 1 N–H and O–H groups in total. The zero-order valence-electron chi connectivity index (χ0n) is 18.6. The number of nitrogens with zero attached hydrogens (tertiary/aromatic N) is 2. The van der Waals surface area contributed by atoms with Crippen LogP contribution in [0.5, 0.6) is 0 Å². The van der Waals surface area contributed by atoms with E-state index in [9.17, 15) is 4.79 Å². The second-order valence-electron chi connectivity index (χ2n) is 8.25. The first-order valence-corrected chi connectivity index (χ1v) is 11.9. The van der Waals surface area contributed by atoms with E-state index in [1.165, 1.54) is 0 Å². The number of fused-ring (bicyclic) bond motifs is 1. The molecule has 0 aliphatic carbocycles. The molecule has 1 heterocycles. The van der Waals surface area contributed by atoms with Crippen molar-refractivity contribution < 1.29 is 4.79 Å². The lowest BCUT2D eigenvalue weighted by atomic mass is 10.0. The van der Waals surface area contributed by atoms with E-state index in [2.05, 4.69) is 26.1 Å². The van der Waals surface area contributed by atoms with E-state index < -0.39 is 0 Å². The lowest BCUT2D eigenvalue weighted by Gasteiger charge is -2.22. The van der Waals surface area contributed by atoms with Gasteiger partial charge in [0.15, 0.2) is 0 Å². The lowest BCUT2D eigenvalue weighted by Crippen LogP contribution is -2.31. The molecule has 4 rings (SSSR count). The van der Waals surface area contributed by atoms with Crippen LogP contribution in [0.25, 0.3) is 22.2 Å². The number of rotatable bonds is 7. The smallest absolute Gasteiger partial charge is 0.252 e. The van der Waals surface area contributed by atoms with Crippen LogP contribution in [-0.2, 0) is 0 Å². The van der Waals surface area contributed by atoms with Gasteiger partial charge in [-0.1, -0.05) is 70.0 Å². The molecule has 1 aromatic heterocycles. The van der Waals surface area contributed by atoms with E-state index in [1.807, 2.05) is 93.0 Å². The second-order valence-corrected chi connectivity index (χ2v) is 9.60. The quantitative estimate of drug-likeness (QED) is 0.292. The maximum absolute atomic E-state index is 13.6. The molecule has 0 aliphatic heterocycles. The summed E-state index contributed by atoms with van der Waals surface area (Å²) in [6.07, 6.45) is 0.780. The van der Waals surface area contributed by atoms with Crippen LogP contribution in [-0.4, -0.2) is 36.4 Å². The van der Waals surface area contributed by atoms with E-state index in [0.717, 1.165) is 45.2 Å². The number of hydrogen-bond acceptors (Lipinski definition) is 3. The number of carbonyl (C=O) groups excluding carboxylic acids is 1. The second kappa shape index (κ2) is 10.5. The molecule has 0 saturated carbocycles. The van der Waals surface area contributed by atoms with Crippen molar-refractivity contribution in [3.05, 3.63) is 99.5 Å². The van der Waals surface area contributed by atoms with Gasteiger partial charge in [0, 0.05) is 20.4 Å². The van der Waals surface area contributed by atoms with Crippen LogP contribution in [0.15, 0.2) is 83.3 Å². The summed E-state index contributed by atoms with van der Waals surface area (Å²) in [4.78, 5) is 20.5. The van der Waals surface area contributed by atoms with Crippen LogP contribution in [0, 0.1) is 0 Å². The minimum atomic E-state index is -0.140. The van der Waals surface area contributed by atoms with E-state index in [4.69, 9.17) is 16.6 Å². The Morgan fingerprint density at radius 1 is 1.03 bits per heavy atom. The number of nitrogens with one attached hydrogen (secondary N) is 1. The van der Waals surface area contributed by atoms with E-state index in [-0.39, 0.29) is 11.9 Å². The van der Waals surface area contributed by atoms with Crippen LogP contribution in [0.2, 0.25) is 5.02 Å². The van der Waals surface area contributed by atoms with Gasteiger partial charge in [-0.25, -0.2) is 4.98 Å². The highest BCUT2D eigenvalue weighted by atomic mass is 79.9. The van der Waals surface area contributed by atoms with E-state index >= 15 is 0 Å². The summed E-state index contributed by atoms with van der Waals surface area (Å²) < 4.78 is 0.965. The van der Waals surface area contributed by atoms with E-state index in [0.29, 0.717) is 10.6 Å². The molecule has 0 aliphatic rings. The summed E-state index contributed by atoms with van der Waals surface area (Å²) >= 11 is 9.62. The predicted molar refractivity (Wildman–Crippen MR) is 140 cm³/mol. The third kappa shape index (κ3) is 5.80. The molecule has 0 spiro atoms. The van der Waals surface area contributed by atoms with Gasteiger partial charge in [-0.15, -0.1) is 0 Å². The Balaban J connectivity index is 1.73. The number of para-hydroxylation sites is 1. The van der Waals surface area contributed by atoms with Crippen molar-refractivity contribution in [1.29, 1.82) is 0 Å². The van der Waals surface area contributed by atoms with Gasteiger partial charge in [0.1, 0.15) is 0 Å². The third-order valence-electron chi connectivity index (χ3n) is 5.52. The fourth-order valence-corrected chi connectivity index (χ4v) is 4.32.